The molecule has 0 aliphatic rings. The minimum absolute atomic E-state index is 0.0419. The van der Waals surface area contributed by atoms with Crippen molar-refractivity contribution in [3.05, 3.63) is 46.3 Å². The molecule has 0 bridgehead atoms. The Balaban J connectivity index is 1.95. The summed E-state index contributed by atoms with van der Waals surface area (Å²) in [7, 11) is 0. The Kier molecular flexibility index (Phi) is 5.59. The molecule has 23 heavy (non-hydrogen) atoms. The molecule has 2 aromatic rings. The number of hydrogen-bond acceptors (Lipinski definition) is 4. The second-order valence-electron chi connectivity index (χ2n) is 4.77. The van der Waals surface area contributed by atoms with Gasteiger partial charge in [0.2, 0.25) is 5.91 Å². The van der Waals surface area contributed by atoms with Crippen LogP contribution >= 0.6 is 11.3 Å². The van der Waals surface area contributed by atoms with Crippen molar-refractivity contribution in [1.29, 1.82) is 0 Å². The first-order valence-electron chi connectivity index (χ1n) is 6.97. The van der Waals surface area contributed by atoms with Crippen LogP contribution in [0.15, 0.2) is 35.8 Å². The van der Waals surface area contributed by atoms with Crippen LogP contribution in [0.5, 0.6) is 0 Å². The van der Waals surface area contributed by atoms with E-state index in [-0.39, 0.29) is 12.5 Å². The van der Waals surface area contributed by atoms with Crippen molar-refractivity contribution in [3.63, 3.8) is 0 Å². The molecule has 0 saturated carbocycles. The van der Waals surface area contributed by atoms with E-state index in [1.54, 1.807) is 16.2 Å². The Morgan fingerprint density at radius 2 is 2.13 bits per heavy atom. The summed E-state index contributed by atoms with van der Waals surface area (Å²) in [5.74, 6) is 0.133. The highest BCUT2D eigenvalue weighted by Gasteiger charge is 2.30. The maximum atomic E-state index is 12.5. The first kappa shape index (κ1) is 17.3. The molecule has 124 valence electrons. The molecule has 0 fully saturated rings. The summed E-state index contributed by atoms with van der Waals surface area (Å²) in [6, 6.07) is 6.06. The van der Waals surface area contributed by atoms with Crippen molar-refractivity contribution < 1.29 is 18.0 Å². The molecule has 0 aliphatic carbocycles. The van der Waals surface area contributed by atoms with Gasteiger partial charge in [0, 0.05) is 17.6 Å². The van der Waals surface area contributed by atoms with E-state index in [2.05, 4.69) is 10.3 Å². The summed E-state index contributed by atoms with van der Waals surface area (Å²) in [5.41, 5.74) is -0.806. The molecule has 0 saturated heterocycles. The number of amides is 1. The number of nitrogens with zero attached hydrogens (tertiary/aromatic N) is 2. The zero-order chi connectivity index (χ0) is 16.9. The Morgan fingerprint density at radius 3 is 2.65 bits per heavy atom. The Labute approximate surface area is 136 Å². The van der Waals surface area contributed by atoms with Crippen molar-refractivity contribution in [3.8, 4) is 0 Å². The third-order valence-electron chi connectivity index (χ3n) is 3.16. The number of pyridine rings is 1. The Bertz CT molecular complexity index is 626. The highest BCUT2D eigenvalue weighted by molar-refractivity contribution is 7.09. The van der Waals surface area contributed by atoms with Crippen LogP contribution in [0.2, 0.25) is 0 Å². The first-order valence-corrected chi connectivity index (χ1v) is 7.85. The van der Waals surface area contributed by atoms with Crippen LogP contribution in [0, 0.1) is 0 Å². The highest BCUT2D eigenvalue weighted by atomic mass is 32.1. The topological polar surface area (TPSA) is 45.2 Å². The lowest BCUT2D eigenvalue weighted by Gasteiger charge is -2.21. The zero-order valence-corrected chi connectivity index (χ0v) is 13.2. The van der Waals surface area contributed by atoms with Crippen molar-refractivity contribution in [1.82, 2.24) is 10.3 Å². The van der Waals surface area contributed by atoms with Gasteiger partial charge in [0.1, 0.15) is 5.82 Å². The van der Waals surface area contributed by atoms with Crippen LogP contribution in [0.3, 0.4) is 0 Å². The second-order valence-corrected chi connectivity index (χ2v) is 5.81. The smallest absolute Gasteiger partial charge is 0.350 e. The maximum absolute atomic E-state index is 12.5. The van der Waals surface area contributed by atoms with Crippen molar-refractivity contribution in [2.45, 2.75) is 19.6 Å². The lowest BCUT2D eigenvalue weighted by molar-refractivity contribution is -0.137. The van der Waals surface area contributed by atoms with E-state index in [4.69, 9.17) is 0 Å². The Hall–Kier alpha value is -2.09. The average Bonchev–Trinajstić information content (AvgIpc) is 3.03. The molecule has 2 rings (SSSR count). The van der Waals surface area contributed by atoms with Gasteiger partial charge in [0.25, 0.3) is 0 Å². The quantitative estimate of drug-likeness (QED) is 0.875. The third kappa shape index (κ3) is 4.95. The molecule has 0 radical (unpaired) electrons. The number of aromatic nitrogens is 1. The van der Waals surface area contributed by atoms with Crippen LogP contribution in [0.4, 0.5) is 19.0 Å². The van der Waals surface area contributed by atoms with Crippen LogP contribution < -0.4 is 10.2 Å². The molecule has 1 N–H and O–H groups in total. The molecule has 2 aromatic heterocycles. The number of alkyl halides is 3. The van der Waals surface area contributed by atoms with Crippen molar-refractivity contribution in [2.75, 3.05) is 18.0 Å². The van der Waals surface area contributed by atoms with Gasteiger partial charge in [0.15, 0.2) is 0 Å². The predicted molar refractivity (Wildman–Crippen MR) is 83.3 cm³/mol. The maximum Gasteiger partial charge on any atom is 0.417 e. The fourth-order valence-electron chi connectivity index (χ4n) is 1.92. The minimum atomic E-state index is -4.42. The SMILES string of the molecule is CCN(CC(=O)NCc1cccs1)c1ccc(C(F)(F)F)cn1. The number of halogens is 3. The lowest BCUT2D eigenvalue weighted by Crippen LogP contribution is -2.37. The molecule has 0 spiro atoms. The lowest BCUT2D eigenvalue weighted by atomic mass is 10.2. The van der Waals surface area contributed by atoms with Gasteiger partial charge in [-0.25, -0.2) is 4.98 Å². The number of likely N-dealkylation sites (N-methyl/N-ethyl adjacent to an activating group) is 1. The fraction of sp³-hybridized carbons (Fsp3) is 0.333. The van der Waals surface area contributed by atoms with Gasteiger partial charge in [-0.15, -0.1) is 11.3 Å². The average molecular weight is 343 g/mol. The van der Waals surface area contributed by atoms with E-state index in [0.29, 0.717) is 18.9 Å². The zero-order valence-electron chi connectivity index (χ0n) is 12.4. The predicted octanol–water partition coefficient (Wildman–Crippen LogP) is 3.30. The number of hydrogen-bond donors (Lipinski definition) is 1. The van der Waals surface area contributed by atoms with Gasteiger partial charge in [-0.1, -0.05) is 6.07 Å². The van der Waals surface area contributed by atoms with E-state index in [1.165, 1.54) is 6.07 Å². The summed E-state index contributed by atoms with van der Waals surface area (Å²) in [6.07, 6.45) is -3.64. The normalized spacial score (nSPS) is 11.3. The van der Waals surface area contributed by atoms with Crippen molar-refractivity contribution >= 4 is 23.1 Å². The Morgan fingerprint density at radius 1 is 1.35 bits per heavy atom. The molecule has 1 amide bonds. The molecule has 8 heteroatoms. The number of anilines is 1. The number of nitrogens with one attached hydrogen (secondary N) is 1. The molecule has 4 nitrogen and oxygen atoms in total. The number of thiophene rings is 1. The first-order chi connectivity index (χ1) is 10.9. The molecule has 0 unspecified atom stereocenters. The van der Waals surface area contributed by atoms with E-state index >= 15 is 0 Å². The van der Waals surface area contributed by atoms with Gasteiger partial charge in [-0.05, 0) is 30.5 Å². The van der Waals surface area contributed by atoms with Gasteiger partial charge < -0.3 is 10.2 Å². The molecule has 0 atom stereocenters. The van der Waals surface area contributed by atoms with E-state index in [1.807, 2.05) is 24.4 Å². The minimum Gasteiger partial charge on any atom is -0.350 e. The number of carbonyl (C=O) groups excluding carboxylic acids is 1. The highest BCUT2D eigenvalue weighted by Crippen LogP contribution is 2.29. The standard InChI is InChI=1S/C15H16F3N3OS/c1-2-21(10-14(22)20-9-12-4-3-7-23-12)13-6-5-11(8-19-13)15(16,17)18/h3-8H,2,9-10H2,1H3,(H,20,22). The van der Waals surface area contributed by atoms with Crippen LogP contribution in [-0.4, -0.2) is 24.0 Å². The van der Waals surface area contributed by atoms with E-state index in [9.17, 15) is 18.0 Å². The van der Waals surface area contributed by atoms with Gasteiger partial charge in [0.05, 0.1) is 18.7 Å². The second kappa shape index (κ2) is 7.45. The number of rotatable bonds is 6. The summed E-state index contributed by atoms with van der Waals surface area (Å²) in [6.45, 7) is 2.76. The van der Waals surface area contributed by atoms with E-state index in [0.717, 1.165) is 17.1 Å². The van der Waals surface area contributed by atoms with Gasteiger partial charge in [-0.3, -0.25) is 4.79 Å². The third-order valence-corrected chi connectivity index (χ3v) is 4.03. The number of carbonyl (C=O) groups is 1. The molecule has 0 aromatic carbocycles. The molecular weight excluding hydrogens is 327 g/mol. The molecular formula is C15H16F3N3OS. The van der Waals surface area contributed by atoms with Crippen molar-refractivity contribution in [2.24, 2.45) is 0 Å². The van der Waals surface area contributed by atoms with E-state index < -0.39 is 11.7 Å². The summed E-state index contributed by atoms with van der Waals surface area (Å²) < 4.78 is 37.6. The monoisotopic (exact) mass is 343 g/mol. The summed E-state index contributed by atoms with van der Waals surface area (Å²) >= 11 is 1.54. The fourth-order valence-corrected chi connectivity index (χ4v) is 2.57. The summed E-state index contributed by atoms with van der Waals surface area (Å²) in [4.78, 5) is 18.4. The largest absolute Gasteiger partial charge is 0.417 e. The molecule has 0 aliphatic heterocycles. The summed E-state index contributed by atoms with van der Waals surface area (Å²) in [5, 5.41) is 4.70. The van der Waals surface area contributed by atoms with Crippen LogP contribution in [0.25, 0.3) is 0 Å². The molecule has 2 heterocycles. The van der Waals surface area contributed by atoms with Gasteiger partial charge in [-0.2, -0.15) is 13.2 Å². The van der Waals surface area contributed by atoms with Gasteiger partial charge >= 0.3 is 6.18 Å². The van der Waals surface area contributed by atoms with Crippen LogP contribution in [0.1, 0.15) is 17.4 Å². The van der Waals surface area contributed by atoms with Crippen LogP contribution in [-0.2, 0) is 17.5 Å².